The lowest BCUT2D eigenvalue weighted by Gasteiger charge is -2.17. The summed E-state index contributed by atoms with van der Waals surface area (Å²) in [4.78, 5) is 8.54. The summed E-state index contributed by atoms with van der Waals surface area (Å²) >= 11 is 0. The Morgan fingerprint density at radius 1 is 1.24 bits per heavy atom. The van der Waals surface area contributed by atoms with E-state index in [4.69, 9.17) is 0 Å². The molecule has 3 nitrogen and oxygen atoms in total. The Kier molecular flexibility index (Phi) is 4.35. The first kappa shape index (κ1) is 12.3. The van der Waals surface area contributed by atoms with E-state index in [9.17, 15) is 0 Å². The topological polar surface area (TPSA) is 37.8 Å². The van der Waals surface area contributed by atoms with Crippen molar-refractivity contribution in [3.05, 3.63) is 18.1 Å². The average molecular weight is 233 g/mol. The first-order valence-electron chi connectivity index (χ1n) is 6.85. The molecule has 1 saturated carbocycles. The van der Waals surface area contributed by atoms with Crippen molar-refractivity contribution in [3.63, 3.8) is 0 Å². The number of hydrogen-bond acceptors (Lipinski definition) is 3. The van der Waals surface area contributed by atoms with Crippen molar-refractivity contribution in [1.29, 1.82) is 0 Å². The Morgan fingerprint density at radius 3 is 2.94 bits per heavy atom. The highest BCUT2D eigenvalue weighted by molar-refractivity contribution is 5.36. The zero-order valence-electron chi connectivity index (χ0n) is 10.9. The van der Waals surface area contributed by atoms with E-state index in [0.717, 1.165) is 23.9 Å². The van der Waals surface area contributed by atoms with Crippen LogP contribution in [0.15, 0.2) is 12.4 Å². The predicted molar refractivity (Wildman–Crippen MR) is 71.1 cm³/mol. The molecule has 1 aliphatic carbocycles. The van der Waals surface area contributed by atoms with Gasteiger partial charge in [-0.3, -0.25) is 0 Å². The molecule has 0 saturated heterocycles. The van der Waals surface area contributed by atoms with Crippen molar-refractivity contribution in [1.82, 2.24) is 9.97 Å². The second-order valence-corrected chi connectivity index (χ2v) is 5.20. The number of nitrogens with zero attached hydrogens (tertiary/aromatic N) is 2. The molecule has 3 heteroatoms. The lowest BCUT2D eigenvalue weighted by molar-refractivity contribution is 0.502. The molecule has 0 aliphatic heterocycles. The van der Waals surface area contributed by atoms with Crippen LogP contribution in [0.3, 0.4) is 0 Å². The van der Waals surface area contributed by atoms with Gasteiger partial charge in [-0.1, -0.05) is 26.7 Å². The second-order valence-electron chi connectivity index (χ2n) is 5.20. The monoisotopic (exact) mass is 233 g/mol. The molecule has 1 heterocycles. The maximum absolute atomic E-state index is 4.31. The quantitative estimate of drug-likeness (QED) is 0.813. The lowest BCUT2D eigenvalue weighted by atomic mass is 10.0. The molecule has 1 aromatic heterocycles. The van der Waals surface area contributed by atoms with Crippen LogP contribution in [-0.2, 0) is 6.42 Å². The normalized spacial score (nSPS) is 25.3. The molecular formula is C14H23N3. The van der Waals surface area contributed by atoms with Gasteiger partial charge in [0.25, 0.3) is 0 Å². The van der Waals surface area contributed by atoms with Crippen molar-refractivity contribution in [3.8, 4) is 0 Å². The lowest BCUT2D eigenvalue weighted by Crippen LogP contribution is -2.19. The number of nitrogens with one attached hydrogen (secondary N) is 1. The first-order valence-corrected chi connectivity index (χ1v) is 6.85. The van der Waals surface area contributed by atoms with Crippen LogP contribution in [0.1, 0.15) is 51.6 Å². The molecule has 0 radical (unpaired) electrons. The van der Waals surface area contributed by atoms with Gasteiger partial charge in [-0.25, -0.2) is 9.97 Å². The van der Waals surface area contributed by atoms with Gasteiger partial charge >= 0.3 is 0 Å². The molecule has 2 rings (SSSR count). The molecule has 1 fully saturated rings. The van der Waals surface area contributed by atoms with Crippen LogP contribution < -0.4 is 5.32 Å². The van der Waals surface area contributed by atoms with Gasteiger partial charge in [-0.2, -0.15) is 0 Å². The van der Waals surface area contributed by atoms with Crippen molar-refractivity contribution >= 4 is 5.82 Å². The number of aryl methyl sites for hydroxylation is 1. The SMILES string of the molecule is CCc1cc(NC2CCCC(C)CC2)ncn1. The van der Waals surface area contributed by atoms with Gasteiger partial charge in [0.2, 0.25) is 0 Å². The maximum atomic E-state index is 4.31. The van der Waals surface area contributed by atoms with E-state index < -0.39 is 0 Å². The first-order chi connectivity index (χ1) is 8.28. The highest BCUT2D eigenvalue weighted by atomic mass is 15.0. The van der Waals surface area contributed by atoms with E-state index in [2.05, 4.69) is 35.2 Å². The number of aromatic nitrogens is 2. The molecule has 0 bridgehead atoms. The van der Waals surface area contributed by atoms with Gasteiger partial charge in [-0.15, -0.1) is 0 Å². The van der Waals surface area contributed by atoms with E-state index >= 15 is 0 Å². The Balaban J connectivity index is 1.94. The molecule has 0 amide bonds. The van der Waals surface area contributed by atoms with Gasteiger partial charge in [-0.05, 0) is 31.6 Å². The van der Waals surface area contributed by atoms with Crippen LogP contribution in [0, 0.1) is 5.92 Å². The fourth-order valence-electron chi connectivity index (χ4n) is 2.51. The third kappa shape index (κ3) is 3.69. The fourth-order valence-corrected chi connectivity index (χ4v) is 2.51. The molecule has 1 aromatic rings. The molecule has 2 atom stereocenters. The van der Waals surface area contributed by atoms with E-state index in [1.807, 2.05) is 0 Å². The van der Waals surface area contributed by atoms with E-state index in [-0.39, 0.29) is 0 Å². The number of rotatable bonds is 3. The molecular weight excluding hydrogens is 210 g/mol. The minimum Gasteiger partial charge on any atom is -0.367 e. The molecule has 94 valence electrons. The van der Waals surface area contributed by atoms with Crippen molar-refractivity contribution in [2.75, 3.05) is 5.32 Å². The molecule has 1 aliphatic rings. The summed E-state index contributed by atoms with van der Waals surface area (Å²) in [6.45, 7) is 4.49. The van der Waals surface area contributed by atoms with Crippen molar-refractivity contribution in [2.45, 2.75) is 58.4 Å². The van der Waals surface area contributed by atoms with Crippen LogP contribution in [0.4, 0.5) is 5.82 Å². The summed E-state index contributed by atoms with van der Waals surface area (Å²) in [6, 6.07) is 2.67. The van der Waals surface area contributed by atoms with Crippen molar-refractivity contribution in [2.24, 2.45) is 5.92 Å². The van der Waals surface area contributed by atoms with E-state index in [1.54, 1.807) is 6.33 Å². The van der Waals surface area contributed by atoms with Crippen molar-refractivity contribution < 1.29 is 0 Å². The highest BCUT2D eigenvalue weighted by Crippen LogP contribution is 2.24. The second kappa shape index (κ2) is 5.99. The fraction of sp³-hybridized carbons (Fsp3) is 0.714. The summed E-state index contributed by atoms with van der Waals surface area (Å²) in [7, 11) is 0. The van der Waals surface area contributed by atoms with Crippen LogP contribution in [0.5, 0.6) is 0 Å². The van der Waals surface area contributed by atoms with Gasteiger partial charge in [0, 0.05) is 17.8 Å². The highest BCUT2D eigenvalue weighted by Gasteiger charge is 2.16. The summed E-state index contributed by atoms with van der Waals surface area (Å²) in [5.41, 5.74) is 1.12. The van der Waals surface area contributed by atoms with E-state index in [0.29, 0.717) is 6.04 Å². The smallest absolute Gasteiger partial charge is 0.129 e. The van der Waals surface area contributed by atoms with Crippen LogP contribution in [-0.4, -0.2) is 16.0 Å². The molecule has 1 N–H and O–H groups in total. The zero-order chi connectivity index (χ0) is 12.1. The molecule has 2 unspecified atom stereocenters. The van der Waals surface area contributed by atoms with Gasteiger partial charge in [0.1, 0.15) is 12.1 Å². The van der Waals surface area contributed by atoms with Crippen LogP contribution >= 0.6 is 0 Å². The number of anilines is 1. The van der Waals surface area contributed by atoms with Crippen LogP contribution in [0.2, 0.25) is 0 Å². The third-order valence-corrected chi connectivity index (χ3v) is 3.70. The Labute approximate surface area is 104 Å². The minimum atomic E-state index is 0.597. The van der Waals surface area contributed by atoms with E-state index in [1.165, 1.54) is 32.1 Å². The largest absolute Gasteiger partial charge is 0.367 e. The maximum Gasteiger partial charge on any atom is 0.129 e. The Bertz CT molecular complexity index is 351. The van der Waals surface area contributed by atoms with Gasteiger partial charge in [0.15, 0.2) is 0 Å². The predicted octanol–water partition coefficient (Wildman–Crippen LogP) is 3.42. The third-order valence-electron chi connectivity index (χ3n) is 3.70. The Morgan fingerprint density at radius 2 is 2.12 bits per heavy atom. The molecule has 0 aromatic carbocycles. The van der Waals surface area contributed by atoms with Gasteiger partial charge in [0.05, 0.1) is 0 Å². The van der Waals surface area contributed by atoms with Crippen LogP contribution in [0.25, 0.3) is 0 Å². The summed E-state index contributed by atoms with van der Waals surface area (Å²) in [5.74, 6) is 1.88. The summed E-state index contributed by atoms with van der Waals surface area (Å²) in [5, 5.41) is 3.56. The number of hydrogen-bond donors (Lipinski definition) is 1. The summed E-state index contributed by atoms with van der Waals surface area (Å²) in [6.07, 6.45) is 9.23. The summed E-state index contributed by atoms with van der Waals surface area (Å²) < 4.78 is 0. The average Bonchev–Trinajstić information content (AvgIpc) is 2.55. The Hall–Kier alpha value is -1.12. The zero-order valence-corrected chi connectivity index (χ0v) is 10.9. The molecule has 17 heavy (non-hydrogen) atoms. The molecule has 0 spiro atoms. The minimum absolute atomic E-state index is 0.597. The standard InChI is InChI=1S/C14H23N3/c1-3-12-9-14(16-10-15-12)17-13-6-4-5-11(2)7-8-13/h9-11,13H,3-8H2,1-2H3,(H,15,16,17). The van der Waals surface area contributed by atoms with Gasteiger partial charge < -0.3 is 5.32 Å².